The van der Waals surface area contributed by atoms with Crippen molar-refractivity contribution in [1.82, 2.24) is 4.98 Å². The Hall–Kier alpha value is -3.05. The van der Waals surface area contributed by atoms with E-state index in [4.69, 9.17) is 4.98 Å². The number of nitrogens with zero attached hydrogens (tertiary/aromatic N) is 2. The molecule has 4 aromatic rings. The highest BCUT2D eigenvalue weighted by molar-refractivity contribution is 7.19. The summed E-state index contributed by atoms with van der Waals surface area (Å²) < 4.78 is 1.11. The molecule has 0 fully saturated rings. The van der Waals surface area contributed by atoms with Crippen molar-refractivity contribution in [1.29, 1.82) is 0 Å². The minimum atomic E-state index is -0.370. The van der Waals surface area contributed by atoms with E-state index in [1.807, 2.05) is 18.2 Å². The fourth-order valence-electron chi connectivity index (χ4n) is 2.71. The third-order valence-corrected chi connectivity index (χ3v) is 4.82. The predicted octanol–water partition coefficient (Wildman–Crippen LogP) is 5.53. The van der Waals surface area contributed by atoms with Crippen molar-refractivity contribution in [3.8, 4) is 0 Å². The molecule has 0 saturated heterocycles. The first kappa shape index (κ1) is 14.5. The van der Waals surface area contributed by atoms with Gasteiger partial charge in [0.05, 0.1) is 20.7 Å². The van der Waals surface area contributed by atoms with Gasteiger partial charge in [0.15, 0.2) is 0 Å². The van der Waals surface area contributed by atoms with E-state index in [2.05, 4.69) is 24.3 Å². The first-order valence-electron chi connectivity index (χ1n) is 7.42. The zero-order valence-electron chi connectivity index (χ0n) is 12.5. The predicted molar refractivity (Wildman–Crippen MR) is 99.2 cm³/mol. The minimum Gasteiger partial charge on any atom is -0.258 e. The summed E-state index contributed by atoms with van der Waals surface area (Å²) >= 11 is 1.58. The van der Waals surface area contributed by atoms with Gasteiger partial charge in [-0.1, -0.05) is 42.5 Å². The largest absolute Gasteiger partial charge is 0.276 e. The number of para-hydroxylation sites is 1. The number of nitro benzene ring substituents is 1. The third kappa shape index (κ3) is 2.55. The number of rotatable bonds is 3. The van der Waals surface area contributed by atoms with Crippen LogP contribution < -0.4 is 0 Å². The fourth-order valence-corrected chi connectivity index (χ4v) is 3.59. The van der Waals surface area contributed by atoms with Crippen molar-refractivity contribution < 1.29 is 4.92 Å². The van der Waals surface area contributed by atoms with Crippen LogP contribution in [0.5, 0.6) is 0 Å². The maximum Gasteiger partial charge on any atom is 0.276 e. The summed E-state index contributed by atoms with van der Waals surface area (Å²) in [6.07, 6.45) is 3.58. The second kappa shape index (κ2) is 5.86. The molecule has 1 heterocycles. The van der Waals surface area contributed by atoms with Crippen LogP contribution in [0.15, 0.2) is 60.7 Å². The molecule has 116 valence electrons. The van der Waals surface area contributed by atoms with Gasteiger partial charge >= 0.3 is 0 Å². The average Bonchev–Trinajstić information content (AvgIpc) is 3.03. The Balaban J connectivity index is 1.78. The highest BCUT2D eigenvalue weighted by Crippen LogP contribution is 2.30. The molecule has 0 spiro atoms. The fraction of sp³-hybridized carbons (Fsp3) is 0. The standard InChI is InChI=1S/C19H12N2O2S/c22-21(23)16-8-4-2-6-14(16)10-12-18-20-19-15-7-3-1-5-13(15)9-11-17(19)24-18/h1-12H/b12-10+. The molecule has 1 aromatic heterocycles. The van der Waals surface area contributed by atoms with Crippen molar-refractivity contribution in [3.63, 3.8) is 0 Å². The van der Waals surface area contributed by atoms with Gasteiger partial charge in [0.25, 0.3) is 5.69 Å². The van der Waals surface area contributed by atoms with Gasteiger partial charge in [-0.25, -0.2) is 4.98 Å². The normalized spacial score (nSPS) is 11.5. The van der Waals surface area contributed by atoms with Crippen LogP contribution in [0.25, 0.3) is 33.1 Å². The van der Waals surface area contributed by atoms with Crippen LogP contribution in [-0.2, 0) is 0 Å². The maximum absolute atomic E-state index is 11.1. The third-order valence-electron chi connectivity index (χ3n) is 3.84. The zero-order chi connectivity index (χ0) is 16.5. The van der Waals surface area contributed by atoms with Gasteiger partial charge in [-0.05, 0) is 29.7 Å². The van der Waals surface area contributed by atoms with Gasteiger partial charge in [-0.3, -0.25) is 10.1 Å². The number of hydrogen-bond acceptors (Lipinski definition) is 4. The van der Waals surface area contributed by atoms with Gasteiger partial charge in [0.1, 0.15) is 5.01 Å². The molecule has 0 atom stereocenters. The lowest BCUT2D eigenvalue weighted by molar-refractivity contribution is -0.385. The molecule has 0 radical (unpaired) electrons. The van der Waals surface area contributed by atoms with E-state index in [-0.39, 0.29) is 10.6 Å². The molecular formula is C19H12N2O2S. The first-order chi connectivity index (χ1) is 11.7. The molecule has 0 amide bonds. The SMILES string of the molecule is O=[N+]([O-])c1ccccc1/C=C/c1nc2c(ccc3ccccc32)s1. The van der Waals surface area contributed by atoms with Crippen LogP contribution in [0, 0.1) is 10.1 Å². The molecule has 0 unspecified atom stereocenters. The molecule has 4 nitrogen and oxygen atoms in total. The summed E-state index contributed by atoms with van der Waals surface area (Å²) in [5.41, 5.74) is 1.65. The molecule has 0 saturated carbocycles. The Kier molecular flexibility index (Phi) is 3.55. The molecule has 3 aromatic carbocycles. The van der Waals surface area contributed by atoms with E-state index in [0.717, 1.165) is 26.0 Å². The number of hydrogen-bond donors (Lipinski definition) is 0. The maximum atomic E-state index is 11.1. The van der Waals surface area contributed by atoms with Gasteiger partial charge < -0.3 is 0 Å². The number of benzene rings is 3. The lowest BCUT2D eigenvalue weighted by atomic mass is 10.1. The number of fused-ring (bicyclic) bond motifs is 3. The summed E-state index contributed by atoms with van der Waals surface area (Å²) in [5, 5.41) is 14.2. The number of aromatic nitrogens is 1. The van der Waals surface area contributed by atoms with E-state index in [1.54, 1.807) is 35.6 Å². The highest BCUT2D eigenvalue weighted by Gasteiger charge is 2.10. The van der Waals surface area contributed by atoms with Crippen LogP contribution in [0.4, 0.5) is 5.69 Å². The summed E-state index contributed by atoms with van der Waals surface area (Å²) in [6, 6.07) is 19.0. The molecule has 0 bridgehead atoms. The minimum absolute atomic E-state index is 0.0975. The highest BCUT2D eigenvalue weighted by atomic mass is 32.1. The lowest BCUT2D eigenvalue weighted by Gasteiger charge is -1.96. The number of nitro groups is 1. The van der Waals surface area contributed by atoms with Gasteiger partial charge in [0.2, 0.25) is 0 Å². The summed E-state index contributed by atoms with van der Waals surface area (Å²) in [4.78, 5) is 15.4. The molecule has 0 N–H and O–H groups in total. The Morgan fingerprint density at radius 1 is 0.958 bits per heavy atom. The van der Waals surface area contributed by atoms with E-state index in [1.165, 1.54) is 6.07 Å². The molecule has 0 aliphatic heterocycles. The monoisotopic (exact) mass is 332 g/mol. The van der Waals surface area contributed by atoms with Crippen LogP contribution in [0.1, 0.15) is 10.6 Å². The number of thiazole rings is 1. The second-order valence-electron chi connectivity index (χ2n) is 5.33. The average molecular weight is 332 g/mol. The van der Waals surface area contributed by atoms with Crippen LogP contribution in [0.3, 0.4) is 0 Å². The second-order valence-corrected chi connectivity index (χ2v) is 6.40. The summed E-state index contributed by atoms with van der Waals surface area (Å²) in [7, 11) is 0. The van der Waals surface area contributed by atoms with Crippen molar-refractivity contribution in [2.45, 2.75) is 0 Å². The smallest absolute Gasteiger partial charge is 0.258 e. The van der Waals surface area contributed by atoms with E-state index < -0.39 is 0 Å². The molecule has 0 aliphatic rings. The van der Waals surface area contributed by atoms with Gasteiger partial charge in [-0.2, -0.15) is 0 Å². The zero-order valence-corrected chi connectivity index (χ0v) is 13.4. The summed E-state index contributed by atoms with van der Waals surface area (Å²) in [6.45, 7) is 0. The molecule has 0 aliphatic carbocycles. The Bertz CT molecular complexity index is 1100. The lowest BCUT2D eigenvalue weighted by Crippen LogP contribution is -1.90. The molecule has 4 rings (SSSR count). The van der Waals surface area contributed by atoms with E-state index in [0.29, 0.717) is 5.56 Å². The Morgan fingerprint density at radius 3 is 2.62 bits per heavy atom. The van der Waals surface area contributed by atoms with Crippen LogP contribution >= 0.6 is 11.3 Å². The molecule has 5 heteroatoms. The summed E-state index contributed by atoms with van der Waals surface area (Å²) in [5.74, 6) is 0. The van der Waals surface area contributed by atoms with Crippen molar-refractivity contribution in [2.75, 3.05) is 0 Å². The quantitative estimate of drug-likeness (QED) is 0.366. The topological polar surface area (TPSA) is 56.0 Å². The molecular weight excluding hydrogens is 320 g/mol. The first-order valence-corrected chi connectivity index (χ1v) is 8.24. The van der Waals surface area contributed by atoms with E-state index in [9.17, 15) is 10.1 Å². The van der Waals surface area contributed by atoms with Crippen molar-refractivity contribution >= 4 is 50.2 Å². The Labute approximate surface area is 141 Å². The van der Waals surface area contributed by atoms with Crippen LogP contribution in [-0.4, -0.2) is 9.91 Å². The van der Waals surface area contributed by atoms with Crippen LogP contribution in [0.2, 0.25) is 0 Å². The van der Waals surface area contributed by atoms with Crippen molar-refractivity contribution in [2.24, 2.45) is 0 Å². The Morgan fingerprint density at radius 2 is 1.75 bits per heavy atom. The molecule has 24 heavy (non-hydrogen) atoms. The van der Waals surface area contributed by atoms with Gasteiger partial charge in [0, 0.05) is 11.5 Å². The van der Waals surface area contributed by atoms with Crippen molar-refractivity contribution in [3.05, 3.63) is 81.3 Å². The van der Waals surface area contributed by atoms with Gasteiger partial charge in [-0.15, -0.1) is 11.3 Å². The van der Waals surface area contributed by atoms with E-state index >= 15 is 0 Å².